The van der Waals surface area contributed by atoms with Gasteiger partial charge in [0.25, 0.3) is 0 Å². The molecule has 0 aliphatic carbocycles. The number of carbonyl (C=O) groups excluding carboxylic acids is 2. The highest BCUT2D eigenvalue weighted by Gasteiger charge is 2.34. The second-order valence-electron chi connectivity index (χ2n) is 7.27. The summed E-state index contributed by atoms with van der Waals surface area (Å²) in [7, 11) is 1.22. The highest BCUT2D eigenvalue weighted by molar-refractivity contribution is 6.05. The Labute approximate surface area is 167 Å². The first kappa shape index (κ1) is 26.0. The summed E-state index contributed by atoms with van der Waals surface area (Å²) in [6.07, 6.45) is 9.36. The Morgan fingerprint density at radius 1 is 0.857 bits per heavy atom. The molecule has 4 N–H and O–H groups in total. The zero-order chi connectivity index (χ0) is 21.5. The van der Waals surface area contributed by atoms with E-state index in [-0.39, 0.29) is 19.3 Å². The fraction of sp³-hybridized carbons (Fsp3) is 0.800. The van der Waals surface area contributed by atoms with E-state index in [0.717, 1.165) is 24.2 Å². The monoisotopic (exact) mass is 400 g/mol. The van der Waals surface area contributed by atoms with E-state index in [0.29, 0.717) is 6.42 Å². The zero-order valence-corrected chi connectivity index (χ0v) is 17.2. The molecular weight excluding hydrogens is 364 g/mol. The summed E-state index contributed by atoms with van der Waals surface area (Å²) in [5, 5.41) is 18.0. The first-order valence-electron chi connectivity index (χ1n) is 10.2. The van der Waals surface area contributed by atoms with E-state index in [9.17, 15) is 24.3 Å². The van der Waals surface area contributed by atoms with Gasteiger partial charge >= 0.3 is 11.9 Å². The van der Waals surface area contributed by atoms with Crippen LogP contribution in [0.15, 0.2) is 0 Å². The number of carbonyl (C=O) groups is 4. The number of carboxylic acid groups (broad SMARTS) is 2. The third-order valence-electron chi connectivity index (χ3n) is 4.79. The normalized spacial score (nSPS) is 13.0. The summed E-state index contributed by atoms with van der Waals surface area (Å²) in [5.41, 5.74) is 5.64. The Morgan fingerprint density at radius 3 is 1.82 bits per heavy atom. The van der Waals surface area contributed by atoms with Gasteiger partial charge in [-0.3, -0.25) is 14.4 Å². The number of unbranched alkanes of at least 4 members (excludes halogenated alkanes) is 8. The van der Waals surface area contributed by atoms with Crippen LogP contribution in [0.25, 0.3) is 0 Å². The van der Waals surface area contributed by atoms with Crippen molar-refractivity contribution in [2.75, 3.05) is 7.05 Å². The first-order chi connectivity index (χ1) is 13.2. The molecule has 0 radical (unpaired) electrons. The summed E-state index contributed by atoms with van der Waals surface area (Å²) < 4.78 is 0. The topological polar surface area (TPSA) is 138 Å². The molecule has 0 aromatic carbocycles. The highest BCUT2D eigenvalue weighted by atomic mass is 16.4. The van der Waals surface area contributed by atoms with Crippen LogP contribution in [0.1, 0.15) is 84.0 Å². The van der Waals surface area contributed by atoms with Gasteiger partial charge in [-0.1, -0.05) is 58.3 Å². The predicted octanol–water partition coefficient (Wildman–Crippen LogP) is 2.58. The number of nitrogens with two attached hydrogens (primary N) is 1. The Balaban J connectivity index is 4.35. The zero-order valence-electron chi connectivity index (χ0n) is 17.2. The molecular formula is C20H36N2O6. The highest BCUT2D eigenvalue weighted by Crippen LogP contribution is 2.13. The molecule has 0 rings (SSSR count). The third kappa shape index (κ3) is 11.0. The Bertz CT molecular complexity index is 509. The largest absolute Gasteiger partial charge is 0.481 e. The van der Waals surface area contributed by atoms with Gasteiger partial charge in [-0.25, -0.2) is 4.79 Å². The van der Waals surface area contributed by atoms with E-state index >= 15 is 0 Å². The molecule has 0 saturated carbocycles. The van der Waals surface area contributed by atoms with Crippen molar-refractivity contribution in [1.82, 2.24) is 4.90 Å². The average Bonchev–Trinajstić information content (AvgIpc) is 2.63. The minimum atomic E-state index is -1.59. The number of rotatable bonds is 17. The van der Waals surface area contributed by atoms with Crippen LogP contribution in [0.2, 0.25) is 0 Å². The number of ketones is 1. The summed E-state index contributed by atoms with van der Waals surface area (Å²) in [4.78, 5) is 47.4. The van der Waals surface area contributed by atoms with E-state index in [4.69, 9.17) is 10.8 Å². The maximum absolute atomic E-state index is 12.3. The molecule has 8 heteroatoms. The predicted molar refractivity (Wildman–Crippen MR) is 106 cm³/mol. The lowest BCUT2D eigenvalue weighted by Crippen LogP contribution is -2.52. The molecule has 0 aromatic heterocycles. The molecule has 162 valence electrons. The average molecular weight is 401 g/mol. The smallest absolute Gasteiger partial charge is 0.334 e. The molecule has 0 fully saturated rings. The van der Waals surface area contributed by atoms with E-state index in [1.807, 2.05) is 0 Å². The van der Waals surface area contributed by atoms with Gasteiger partial charge in [-0.05, 0) is 12.8 Å². The molecule has 0 saturated heterocycles. The van der Waals surface area contributed by atoms with Crippen LogP contribution in [0.4, 0.5) is 0 Å². The van der Waals surface area contributed by atoms with Crippen LogP contribution >= 0.6 is 0 Å². The van der Waals surface area contributed by atoms with Crippen LogP contribution in [0.5, 0.6) is 0 Å². The van der Waals surface area contributed by atoms with Crippen molar-refractivity contribution in [3.8, 4) is 0 Å². The fourth-order valence-corrected chi connectivity index (χ4v) is 3.06. The molecule has 28 heavy (non-hydrogen) atoms. The SMILES string of the molecule is CCCCCCCCCCCC(=O)C(C(=O)O)N(C)C(=O)C(N)CCC(=O)O. The van der Waals surface area contributed by atoms with Gasteiger partial charge in [0.2, 0.25) is 5.91 Å². The molecule has 0 aromatic rings. The quantitative estimate of drug-likeness (QED) is 0.252. The van der Waals surface area contributed by atoms with Gasteiger partial charge in [0.05, 0.1) is 6.04 Å². The van der Waals surface area contributed by atoms with Crippen LogP contribution in [-0.4, -0.2) is 57.9 Å². The number of aliphatic carboxylic acids is 2. The lowest BCUT2D eigenvalue weighted by atomic mass is 10.0. The van der Waals surface area contributed by atoms with Gasteiger partial charge in [0.15, 0.2) is 11.8 Å². The Morgan fingerprint density at radius 2 is 1.36 bits per heavy atom. The number of hydrogen-bond acceptors (Lipinski definition) is 5. The van der Waals surface area contributed by atoms with Crippen molar-refractivity contribution in [2.24, 2.45) is 5.73 Å². The van der Waals surface area contributed by atoms with Crippen LogP contribution in [0.3, 0.4) is 0 Å². The molecule has 0 aliphatic heterocycles. The van der Waals surface area contributed by atoms with Crippen LogP contribution < -0.4 is 5.73 Å². The van der Waals surface area contributed by atoms with Crippen molar-refractivity contribution < 1.29 is 29.4 Å². The van der Waals surface area contributed by atoms with E-state index in [1.54, 1.807) is 0 Å². The van der Waals surface area contributed by atoms with Gasteiger partial charge in [-0.15, -0.1) is 0 Å². The van der Waals surface area contributed by atoms with Gasteiger partial charge in [0, 0.05) is 19.9 Å². The van der Waals surface area contributed by atoms with E-state index in [2.05, 4.69) is 6.92 Å². The second-order valence-corrected chi connectivity index (χ2v) is 7.27. The van der Waals surface area contributed by atoms with Gasteiger partial charge < -0.3 is 20.8 Å². The summed E-state index contributed by atoms with van der Waals surface area (Å²) in [6.45, 7) is 2.18. The summed E-state index contributed by atoms with van der Waals surface area (Å²) in [6, 6.07) is -2.74. The number of likely N-dealkylation sites (N-methyl/N-ethyl adjacent to an activating group) is 1. The van der Waals surface area contributed by atoms with E-state index < -0.39 is 35.7 Å². The maximum atomic E-state index is 12.3. The Kier molecular flexibility index (Phi) is 14.0. The third-order valence-corrected chi connectivity index (χ3v) is 4.79. The molecule has 0 spiro atoms. The van der Waals surface area contributed by atoms with Crippen molar-refractivity contribution in [3.05, 3.63) is 0 Å². The first-order valence-corrected chi connectivity index (χ1v) is 10.2. The molecule has 2 unspecified atom stereocenters. The molecule has 2 atom stereocenters. The number of nitrogens with zero attached hydrogens (tertiary/aromatic N) is 1. The molecule has 1 amide bonds. The van der Waals surface area contributed by atoms with Gasteiger partial charge in [0.1, 0.15) is 0 Å². The maximum Gasteiger partial charge on any atom is 0.334 e. The van der Waals surface area contributed by atoms with Crippen molar-refractivity contribution in [1.29, 1.82) is 0 Å². The summed E-state index contributed by atoms with van der Waals surface area (Å²) >= 11 is 0. The number of hydrogen-bond donors (Lipinski definition) is 3. The van der Waals surface area contributed by atoms with Crippen LogP contribution in [0, 0.1) is 0 Å². The van der Waals surface area contributed by atoms with Crippen molar-refractivity contribution in [3.63, 3.8) is 0 Å². The molecule has 8 nitrogen and oxygen atoms in total. The standard InChI is InChI=1S/C20H36N2O6/c1-3-4-5-6-7-8-9-10-11-12-16(23)18(20(27)28)22(2)19(26)15(21)13-14-17(24)25/h15,18H,3-14,21H2,1-2H3,(H,24,25)(H,27,28). The minimum absolute atomic E-state index is 0.0920. The minimum Gasteiger partial charge on any atom is -0.481 e. The fourth-order valence-electron chi connectivity index (χ4n) is 3.06. The van der Waals surface area contributed by atoms with Crippen molar-refractivity contribution >= 4 is 23.6 Å². The lowest BCUT2D eigenvalue weighted by molar-refractivity contribution is -0.154. The number of amides is 1. The number of Topliss-reactive ketones (excluding diaryl/α,β-unsaturated/α-hetero) is 1. The Hall–Kier alpha value is -1.96. The molecule has 0 heterocycles. The van der Waals surface area contributed by atoms with Crippen LogP contribution in [-0.2, 0) is 19.2 Å². The lowest BCUT2D eigenvalue weighted by Gasteiger charge is -2.26. The van der Waals surface area contributed by atoms with E-state index in [1.165, 1.54) is 39.2 Å². The summed E-state index contributed by atoms with van der Waals surface area (Å²) in [5.74, 6) is -3.77. The van der Waals surface area contributed by atoms with Crippen molar-refractivity contribution in [2.45, 2.75) is 96.1 Å². The number of carboxylic acids is 2. The van der Waals surface area contributed by atoms with Gasteiger partial charge in [-0.2, -0.15) is 0 Å². The second kappa shape index (κ2) is 15.0. The molecule has 0 aliphatic rings. The molecule has 0 bridgehead atoms.